The highest BCUT2D eigenvalue weighted by Gasteiger charge is 2.32. The molecule has 1 N–H and O–H groups in total. The molecule has 1 aromatic rings. The number of likely N-dealkylation sites (tertiary alicyclic amines) is 2. The molecule has 0 unspecified atom stereocenters. The molecule has 2 saturated heterocycles. The second kappa shape index (κ2) is 9.22. The summed E-state index contributed by atoms with van der Waals surface area (Å²) in [6, 6.07) is 10.6. The molecular formula is C21H32N4O2. The highest BCUT2D eigenvalue weighted by molar-refractivity contribution is 5.80. The zero-order valence-corrected chi connectivity index (χ0v) is 16.6. The van der Waals surface area contributed by atoms with E-state index in [1.807, 2.05) is 54.2 Å². The molecule has 0 aliphatic carbocycles. The van der Waals surface area contributed by atoms with Crippen LogP contribution < -0.4 is 5.32 Å². The van der Waals surface area contributed by atoms with Crippen LogP contribution in [0.15, 0.2) is 30.3 Å². The summed E-state index contributed by atoms with van der Waals surface area (Å²) < 4.78 is 0. The minimum absolute atomic E-state index is 0.0552. The highest BCUT2D eigenvalue weighted by atomic mass is 16.2. The molecule has 6 heteroatoms. The van der Waals surface area contributed by atoms with Gasteiger partial charge in [-0.25, -0.2) is 4.79 Å². The third-order valence-corrected chi connectivity index (χ3v) is 5.92. The van der Waals surface area contributed by atoms with E-state index in [2.05, 4.69) is 5.32 Å². The van der Waals surface area contributed by atoms with Crippen molar-refractivity contribution in [3.8, 4) is 0 Å². The zero-order chi connectivity index (χ0) is 19.2. The summed E-state index contributed by atoms with van der Waals surface area (Å²) in [7, 11) is 3.84. The Labute approximate surface area is 162 Å². The average Bonchev–Trinajstić information content (AvgIpc) is 2.73. The standard InChI is InChI=1S/C21H32N4O2/c1-22-19-10-14-24(15-11-19)20(26)18-8-12-25(13-9-18)21(27)23(2)16-17-6-4-3-5-7-17/h3-7,18-19,22H,8-16H2,1-2H3. The first-order chi connectivity index (χ1) is 13.1. The fourth-order valence-corrected chi connectivity index (χ4v) is 4.13. The number of nitrogens with zero attached hydrogens (tertiary/aromatic N) is 3. The summed E-state index contributed by atoms with van der Waals surface area (Å²) in [5, 5.41) is 3.30. The number of carbonyl (C=O) groups excluding carboxylic acids is 2. The molecule has 2 aliphatic rings. The van der Waals surface area contributed by atoms with E-state index in [0.717, 1.165) is 44.3 Å². The van der Waals surface area contributed by atoms with Crippen molar-refractivity contribution in [1.29, 1.82) is 0 Å². The Hall–Kier alpha value is -2.08. The summed E-state index contributed by atoms with van der Waals surface area (Å²) in [5.41, 5.74) is 1.13. The van der Waals surface area contributed by atoms with Gasteiger partial charge in [0.15, 0.2) is 0 Å². The molecule has 2 fully saturated rings. The Bertz CT molecular complexity index is 620. The summed E-state index contributed by atoms with van der Waals surface area (Å²) in [6.07, 6.45) is 3.61. The van der Waals surface area contributed by atoms with Gasteiger partial charge in [-0.15, -0.1) is 0 Å². The van der Waals surface area contributed by atoms with Gasteiger partial charge < -0.3 is 20.0 Å². The zero-order valence-electron chi connectivity index (χ0n) is 16.6. The molecule has 1 aromatic carbocycles. The van der Waals surface area contributed by atoms with Crippen LogP contribution in [-0.2, 0) is 11.3 Å². The Kier molecular flexibility index (Phi) is 6.72. The molecule has 3 rings (SSSR count). The fraction of sp³-hybridized carbons (Fsp3) is 0.619. The number of benzene rings is 1. The van der Waals surface area contributed by atoms with Crippen molar-refractivity contribution in [1.82, 2.24) is 20.0 Å². The van der Waals surface area contributed by atoms with Gasteiger partial charge in [0.05, 0.1) is 0 Å². The van der Waals surface area contributed by atoms with E-state index in [-0.39, 0.29) is 17.9 Å². The lowest BCUT2D eigenvalue weighted by molar-refractivity contribution is -0.138. The van der Waals surface area contributed by atoms with E-state index >= 15 is 0 Å². The molecular weight excluding hydrogens is 340 g/mol. The van der Waals surface area contributed by atoms with Gasteiger partial charge in [-0.1, -0.05) is 30.3 Å². The molecule has 0 saturated carbocycles. The Morgan fingerprint density at radius 1 is 1.00 bits per heavy atom. The number of hydrogen-bond donors (Lipinski definition) is 1. The van der Waals surface area contributed by atoms with Crippen LogP contribution in [0.25, 0.3) is 0 Å². The smallest absolute Gasteiger partial charge is 0.320 e. The molecule has 6 nitrogen and oxygen atoms in total. The predicted molar refractivity (Wildman–Crippen MR) is 106 cm³/mol. The van der Waals surface area contributed by atoms with Crippen LogP contribution in [-0.4, -0.2) is 73.0 Å². The van der Waals surface area contributed by atoms with Crippen molar-refractivity contribution in [2.24, 2.45) is 5.92 Å². The summed E-state index contributed by atoms with van der Waals surface area (Å²) >= 11 is 0. The van der Waals surface area contributed by atoms with Crippen LogP contribution in [0.5, 0.6) is 0 Å². The van der Waals surface area contributed by atoms with Crippen molar-refractivity contribution < 1.29 is 9.59 Å². The third kappa shape index (κ3) is 5.01. The number of urea groups is 1. The number of amides is 3. The van der Waals surface area contributed by atoms with Crippen LogP contribution in [0.1, 0.15) is 31.2 Å². The van der Waals surface area contributed by atoms with Crippen LogP contribution in [0.4, 0.5) is 4.79 Å². The van der Waals surface area contributed by atoms with Crippen molar-refractivity contribution >= 4 is 11.9 Å². The van der Waals surface area contributed by atoms with Gasteiger partial charge in [0.2, 0.25) is 5.91 Å². The minimum Gasteiger partial charge on any atom is -0.342 e. The van der Waals surface area contributed by atoms with Crippen molar-refractivity contribution in [3.05, 3.63) is 35.9 Å². The van der Waals surface area contributed by atoms with Crippen molar-refractivity contribution in [3.63, 3.8) is 0 Å². The molecule has 27 heavy (non-hydrogen) atoms. The Morgan fingerprint density at radius 3 is 2.19 bits per heavy atom. The molecule has 0 spiro atoms. The lowest BCUT2D eigenvalue weighted by Gasteiger charge is -2.38. The Balaban J connectivity index is 1.45. The second-order valence-electron chi connectivity index (χ2n) is 7.77. The molecule has 0 bridgehead atoms. The first kappa shape index (κ1) is 19.7. The molecule has 0 radical (unpaired) electrons. The number of piperidine rings is 2. The van der Waals surface area contributed by atoms with Gasteiger partial charge >= 0.3 is 6.03 Å². The minimum atomic E-state index is 0.0552. The summed E-state index contributed by atoms with van der Waals surface area (Å²) in [6.45, 7) is 3.65. The maximum absolute atomic E-state index is 12.8. The largest absolute Gasteiger partial charge is 0.342 e. The second-order valence-corrected chi connectivity index (χ2v) is 7.77. The maximum Gasteiger partial charge on any atom is 0.320 e. The van der Waals surface area contributed by atoms with E-state index in [0.29, 0.717) is 25.7 Å². The average molecular weight is 373 g/mol. The van der Waals surface area contributed by atoms with Crippen LogP contribution in [0.3, 0.4) is 0 Å². The monoisotopic (exact) mass is 372 g/mol. The van der Waals surface area contributed by atoms with Gasteiger partial charge in [-0.3, -0.25) is 4.79 Å². The van der Waals surface area contributed by atoms with Crippen LogP contribution in [0, 0.1) is 5.92 Å². The van der Waals surface area contributed by atoms with E-state index in [1.54, 1.807) is 4.90 Å². The van der Waals surface area contributed by atoms with Gasteiger partial charge in [-0.05, 0) is 38.3 Å². The van der Waals surface area contributed by atoms with Crippen LogP contribution in [0.2, 0.25) is 0 Å². The van der Waals surface area contributed by atoms with Gasteiger partial charge in [0.25, 0.3) is 0 Å². The molecule has 0 atom stereocenters. The first-order valence-electron chi connectivity index (χ1n) is 10.1. The van der Waals surface area contributed by atoms with E-state index in [1.165, 1.54) is 0 Å². The number of carbonyl (C=O) groups is 2. The molecule has 0 aromatic heterocycles. The Morgan fingerprint density at radius 2 is 1.59 bits per heavy atom. The number of nitrogens with one attached hydrogen (secondary N) is 1. The first-order valence-corrected chi connectivity index (χ1v) is 10.1. The highest BCUT2D eigenvalue weighted by Crippen LogP contribution is 2.23. The lowest BCUT2D eigenvalue weighted by atomic mass is 9.94. The molecule has 2 aliphatic heterocycles. The fourth-order valence-electron chi connectivity index (χ4n) is 4.13. The predicted octanol–water partition coefficient (Wildman–Crippen LogP) is 2.16. The van der Waals surface area contributed by atoms with Crippen molar-refractivity contribution in [2.45, 2.75) is 38.3 Å². The molecule has 2 heterocycles. The van der Waals surface area contributed by atoms with Gasteiger partial charge in [-0.2, -0.15) is 0 Å². The summed E-state index contributed by atoms with van der Waals surface area (Å²) in [5.74, 6) is 0.355. The summed E-state index contributed by atoms with van der Waals surface area (Å²) in [4.78, 5) is 31.2. The van der Waals surface area contributed by atoms with E-state index in [4.69, 9.17) is 0 Å². The van der Waals surface area contributed by atoms with Gasteiger partial charge in [0, 0.05) is 51.7 Å². The SMILES string of the molecule is CNC1CCN(C(=O)C2CCN(C(=O)N(C)Cc3ccccc3)CC2)CC1. The van der Waals surface area contributed by atoms with Gasteiger partial charge in [0.1, 0.15) is 0 Å². The third-order valence-electron chi connectivity index (χ3n) is 5.92. The lowest BCUT2D eigenvalue weighted by Crippen LogP contribution is -2.50. The quantitative estimate of drug-likeness (QED) is 0.881. The topological polar surface area (TPSA) is 55.9 Å². The molecule has 148 valence electrons. The van der Waals surface area contributed by atoms with E-state index < -0.39 is 0 Å². The van der Waals surface area contributed by atoms with E-state index in [9.17, 15) is 9.59 Å². The number of hydrogen-bond acceptors (Lipinski definition) is 3. The van der Waals surface area contributed by atoms with Crippen LogP contribution >= 0.6 is 0 Å². The molecule has 3 amide bonds. The number of rotatable bonds is 4. The maximum atomic E-state index is 12.8. The normalized spacial score (nSPS) is 19.2. The van der Waals surface area contributed by atoms with Crippen molar-refractivity contribution in [2.75, 3.05) is 40.3 Å².